The second kappa shape index (κ2) is 6.03. The van der Waals surface area contributed by atoms with Crippen LogP contribution in [0.3, 0.4) is 0 Å². The van der Waals surface area contributed by atoms with E-state index in [1.165, 1.54) is 5.39 Å². The molecule has 2 aromatic carbocycles. The van der Waals surface area contributed by atoms with Crippen molar-refractivity contribution >= 4 is 28.5 Å². The zero-order chi connectivity index (χ0) is 18.4. The third-order valence-electron chi connectivity index (χ3n) is 5.15. The molecule has 130 valence electrons. The number of nitrogens with zero attached hydrogens (tertiary/aromatic N) is 2. The van der Waals surface area contributed by atoms with Gasteiger partial charge < -0.3 is 10.3 Å². The number of fused-ring (bicyclic) bond motifs is 3. The minimum atomic E-state index is 0.397. The van der Waals surface area contributed by atoms with Crippen molar-refractivity contribution in [2.45, 2.75) is 6.67 Å². The van der Waals surface area contributed by atoms with Crippen LogP contribution >= 0.6 is 0 Å². The molecule has 1 aliphatic heterocycles. The van der Waals surface area contributed by atoms with Gasteiger partial charge in [-0.05, 0) is 29.8 Å². The lowest BCUT2D eigenvalue weighted by molar-refractivity contribution is 0.758. The van der Waals surface area contributed by atoms with E-state index in [0.717, 1.165) is 39.4 Å². The van der Waals surface area contributed by atoms with Gasteiger partial charge in [0.25, 0.3) is 0 Å². The van der Waals surface area contributed by atoms with Crippen LogP contribution in [0.2, 0.25) is 0 Å². The summed E-state index contributed by atoms with van der Waals surface area (Å²) in [6.45, 7) is 4.67. The molecule has 0 atom stereocenters. The van der Waals surface area contributed by atoms with Gasteiger partial charge in [-0.1, -0.05) is 55.1 Å². The summed E-state index contributed by atoms with van der Waals surface area (Å²) in [7, 11) is 0. The summed E-state index contributed by atoms with van der Waals surface area (Å²) in [6.07, 6.45) is 8.26. The van der Waals surface area contributed by atoms with Crippen LogP contribution in [-0.2, 0) is 6.67 Å². The SMILES string of the molecule is C=C1/C=C\c2c(n(CN)c3ccccc23)N(c2ccccc2)C2=C1C=C=C2. The predicted molar refractivity (Wildman–Crippen MR) is 113 cm³/mol. The lowest BCUT2D eigenvalue weighted by Gasteiger charge is -2.29. The Balaban J connectivity index is 1.93. The number of nitrogens with two attached hydrogens (primary N) is 1. The van der Waals surface area contributed by atoms with Gasteiger partial charge in [0.05, 0.1) is 17.9 Å². The third-order valence-corrected chi connectivity index (χ3v) is 5.15. The van der Waals surface area contributed by atoms with Gasteiger partial charge in [0, 0.05) is 28.3 Å². The Kier molecular flexibility index (Phi) is 3.51. The van der Waals surface area contributed by atoms with Crippen LogP contribution in [0, 0.1) is 0 Å². The van der Waals surface area contributed by atoms with E-state index in [9.17, 15) is 0 Å². The van der Waals surface area contributed by atoms with E-state index in [-0.39, 0.29) is 0 Å². The average Bonchev–Trinajstić information content (AvgIpc) is 3.29. The third kappa shape index (κ3) is 2.27. The molecule has 0 fully saturated rings. The molecule has 1 aromatic heterocycles. The Hall–Kier alpha value is -3.52. The van der Waals surface area contributed by atoms with Crippen molar-refractivity contribution in [2.24, 2.45) is 5.73 Å². The molecule has 2 N–H and O–H groups in total. The molecule has 2 aliphatic rings. The largest absolute Gasteiger partial charge is 0.314 e. The molecule has 0 saturated heterocycles. The number of hydrogen-bond donors (Lipinski definition) is 1. The van der Waals surface area contributed by atoms with Crippen LogP contribution in [0.1, 0.15) is 5.56 Å². The maximum absolute atomic E-state index is 6.22. The van der Waals surface area contributed by atoms with Gasteiger partial charge in [0.2, 0.25) is 0 Å². The van der Waals surface area contributed by atoms with Crippen LogP contribution in [0.4, 0.5) is 11.5 Å². The van der Waals surface area contributed by atoms with Gasteiger partial charge in [-0.15, -0.1) is 5.73 Å². The van der Waals surface area contributed by atoms with Crippen molar-refractivity contribution in [3.63, 3.8) is 0 Å². The molecule has 5 rings (SSSR count). The number of benzene rings is 2. The molecule has 3 aromatic rings. The van der Waals surface area contributed by atoms with Crippen LogP contribution in [0.15, 0.2) is 102 Å². The van der Waals surface area contributed by atoms with Crippen LogP contribution in [0.5, 0.6) is 0 Å². The van der Waals surface area contributed by atoms with Gasteiger partial charge >= 0.3 is 0 Å². The second-order valence-electron chi connectivity index (χ2n) is 6.65. The topological polar surface area (TPSA) is 34.2 Å². The highest BCUT2D eigenvalue weighted by molar-refractivity contribution is 5.99. The molecule has 0 saturated carbocycles. The molecule has 0 unspecified atom stereocenters. The predicted octanol–water partition coefficient (Wildman–Crippen LogP) is 5.26. The monoisotopic (exact) mass is 349 g/mol. The van der Waals surface area contributed by atoms with Gasteiger partial charge in [-0.2, -0.15) is 0 Å². The fraction of sp³-hybridized carbons (Fsp3) is 0.0417. The van der Waals surface area contributed by atoms with E-state index in [4.69, 9.17) is 5.73 Å². The molecule has 1 aliphatic carbocycles. The highest BCUT2D eigenvalue weighted by atomic mass is 15.3. The standard InChI is InChI=1S/C24H19N3/c1-17-14-15-21-20-10-5-6-12-22(20)26(16-25)24(21)27(18-8-3-2-4-9-18)23-13-7-11-19(17)23/h2-6,8-15H,1,16,25H2/b15-14-. The lowest BCUT2D eigenvalue weighted by atomic mass is 10.0. The normalized spacial score (nSPS) is 16.5. The number of rotatable bonds is 2. The number of anilines is 2. The molecule has 3 nitrogen and oxygen atoms in total. The van der Waals surface area contributed by atoms with Crippen LogP contribution < -0.4 is 10.6 Å². The minimum absolute atomic E-state index is 0.397. The summed E-state index contributed by atoms with van der Waals surface area (Å²) in [5.41, 5.74) is 15.9. The Morgan fingerprint density at radius 1 is 0.926 bits per heavy atom. The Bertz CT molecular complexity index is 1200. The molecule has 27 heavy (non-hydrogen) atoms. The maximum Gasteiger partial charge on any atom is 0.127 e. The highest BCUT2D eigenvalue weighted by Crippen LogP contribution is 2.43. The molecule has 0 radical (unpaired) electrons. The number of para-hydroxylation sites is 2. The smallest absolute Gasteiger partial charge is 0.127 e. The lowest BCUT2D eigenvalue weighted by Crippen LogP contribution is -2.22. The fourth-order valence-corrected chi connectivity index (χ4v) is 3.93. The Morgan fingerprint density at radius 3 is 2.52 bits per heavy atom. The first-order valence-corrected chi connectivity index (χ1v) is 9.00. The van der Waals surface area contributed by atoms with Crippen molar-refractivity contribution in [2.75, 3.05) is 4.90 Å². The first-order chi connectivity index (χ1) is 13.3. The molecule has 3 heteroatoms. The van der Waals surface area contributed by atoms with Crippen LogP contribution in [0.25, 0.3) is 17.0 Å². The summed E-state index contributed by atoms with van der Waals surface area (Å²) < 4.78 is 2.17. The van der Waals surface area contributed by atoms with Gasteiger partial charge in [-0.3, -0.25) is 4.90 Å². The fourth-order valence-electron chi connectivity index (χ4n) is 3.93. The van der Waals surface area contributed by atoms with Crippen LogP contribution in [-0.4, -0.2) is 4.57 Å². The first-order valence-electron chi connectivity index (χ1n) is 9.00. The van der Waals surface area contributed by atoms with Crippen molar-refractivity contribution in [1.29, 1.82) is 0 Å². The van der Waals surface area contributed by atoms with E-state index >= 15 is 0 Å². The molecule has 0 amide bonds. The zero-order valence-corrected chi connectivity index (χ0v) is 14.9. The van der Waals surface area contributed by atoms with Gasteiger partial charge in [0.15, 0.2) is 0 Å². The molecule has 2 heterocycles. The Labute approximate surface area is 158 Å². The number of allylic oxidation sites excluding steroid dienone is 4. The highest BCUT2D eigenvalue weighted by Gasteiger charge is 2.27. The summed E-state index contributed by atoms with van der Waals surface area (Å²) >= 11 is 0. The van der Waals surface area contributed by atoms with E-state index in [2.05, 4.69) is 82.5 Å². The van der Waals surface area contributed by atoms with E-state index in [1.807, 2.05) is 18.2 Å². The van der Waals surface area contributed by atoms with E-state index < -0.39 is 0 Å². The maximum atomic E-state index is 6.22. The van der Waals surface area contributed by atoms with Crippen molar-refractivity contribution < 1.29 is 0 Å². The van der Waals surface area contributed by atoms with Crippen molar-refractivity contribution in [3.05, 3.63) is 108 Å². The summed E-state index contributed by atoms with van der Waals surface area (Å²) in [4.78, 5) is 2.27. The quantitative estimate of drug-likeness (QED) is 0.641. The van der Waals surface area contributed by atoms with Crippen molar-refractivity contribution in [3.8, 4) is 0 Å². The summed E-state index contributed by atoms with van der Waals surface area (Å²) in [6, 6.07) is 18.8. The summed E-state index contributed by atoms with van der Waals surface area (Å²) in [5, 5.41) is 1.18. The summed E-state index contributed by atoms with van der Waals surface area (Å²) in [5.74, 6) is 1.06. The molecule has 0 spiro atoms. The molecular weight excluding hydrogens is 330 g/mol. The van der Waals surface area contributed by atoms with Crippen molar-refractivity contribution in [1.82, 2.24) is 4.57 Å². The molecule has 0 bridgehead atoms. The minimum Gasteiger partial charge on any atom is -0.314 e. The van der Waals surface area contributed by atoms with Gasteiger partial charge in [-0.25, -0.2) is 0 Å². The van der Waals surface area contributed by atoms with Gasteiger partial charge in [0.1, 0.15) is 5.82 Å². The Morgan fingerprint density at radius 2 is 1.70 bits per heavy atom. The number of hydrogen-bond acceptors (Lipinski definition) is 2. The zero-order valence-electron chi connectivity index (χ0n) is 14.9. The van der Waals surface area contributed by atoms with E-state index in [0.29, 0.717) is 6.67 Å². The first kappa shape index (κ1) is 15.7. The van der Waals surface area contributed by atoms with E-state index in [1.54, 1.807) is 0 Å². The second-order valence-corrected chi connectivity index (χ2v) is 6.65. The number of aromatic nitrogens is 1. The average molecular weight is 349 g/mol. The molecular formula is C24H19N3.